The Labute approximate surface area is 125 Å². The van der Waals surface area contributed by atoms with Gasteiger partial charge in [0.1, 0.15) is 11.8 Å². The second-order valence-electron chi connectivity index (χ2n) is 4.49. The molecule has 1 aromatic heterocycles. The summed E-state index contributed by atoms with van der Waals surface area (Å²) in [4.78, 5) is 12.3. The van der Waals surface area contributed by atoms with Crippen LogP contribution in [0.5, 0.6) is 0 Å². The van der Waals surface area contributed by atoms with Crippen LogP contribution in [0.15, 0.2) is 53.1 Å². The molecule has 20 heavy (non-hydrogen) atoms. The van der Waals surface area contributed by atoms with Gasteiger partial charge in [-0.05, 0) is 23.8 Å². The van der Waals surface area contributed by atoms with Crippen molar-refractivity contribution in [1.29, 1.82) is 0 Å². The monoisotopic (exact) mass is 304 g/mol. The molecule has 2 nitrogen and oxygen atoms in total. The van der Waals surface area contributed by atoms with E-state index in [4.69, 9.17) is 27.6 Å². The van der Waals surface area contributed by atoms with E-state index in [1.165, 1.54) is 6.26 Å². The number of fused-ring (bicyclic) bond motifs is 1. The van der Waals surface area contributed by atoms with Gasteiger partial charge in [-0.2, -0.15) is 0 Å². The number of benzene rings is 2. The molecule has 0 radical (unpaired) electrons. The number of carbonyl (C=O) groups excluding carboxylic acids is 1. The molecule has 0 saturated heterocycles. The lowest BCUT2D eigenvalue weighted by Gasteiger charge is -2.02. The lowest BCUT2D eigenvalue weighted by Crippen LogP contribution is -2.02. The number of Topliss-reactive ketones (excluding diaryl/α,β-unsaturated/α-hetero) is 1. The average molecular weight is 305 g/mol. The topological polar surface area (TPSA) is 30.2 Å². The lowest BCUT2D eigenvalue weighted by molar-refractivity contribution is 0.0993. The number of furan rings is 1. The summed E-state index contributed by atoms with van der Waals surface area (Å²) in [6.07, 6.45) is 1.77. The normalized spacial score (nSPS) is 10.9. The van der Waals surface area contributed by atoms with Gasteiger partial charge in [0.15, 0.2) is 5.78 Å². The summed E-state index contributed by atoms with van der Waals surface area (Å²) < 4.78 is 5.38. The fourth-order valence-corrected chi connectivity index (χ4v) is 2.44. The third-order valence-electron chi connectivity index (χ3n) is 3.13. The minimum atomic E-state index is -0.00617. The quantitative estimate of drug-likeness (QED) is 0.625. The molecule has 0 atom stereocenters. The molecular formula is C16H10Cl2O2. The van der Waals surface area contributed by atoms with E-state index < -0.39 is 0 Å². The van der Waals surface area contributed by atoms with E-state index in [1.54, 1.807) is 18.2 Å². The van der Waals surface area contributed by atoms with Gasteiger partial charge in [0.25, 0.3) is 0 Å². The zero-order valence-electron chi connectivity index (χ0n) is 10.4. The van der Waals surface area contributed by atoms with Crippen molar-refractivity contribution in [3.63, 3.8) is 0 Å². The van der Waals surface area contributed by atoms with E-state index in [2.05, 4.69) is 0 Å². The van der Waals surface area contributed by atoms with E-state index in [9.17, 15) is 4.79 Å². The van der Waals surface area contributed by atoms with Crippen LogP contribution < -0.4 is 0 Å². The molecule has 2 aromatic carbocycles. The maximum atomic E-state index is 12.3. The van der Waals surface area contributed by atoms with Crippen molar-refractivity contribution in [2.45, 2.75) is 6.42 Å². The number of para-hydroxylation sites is 1. The second-order valence-corrected chi connectivity index (χ2v) is 5.31. The Bertz CT molecular complexity index is 790. The molecule has 0 spiro atoms. The molecule has 0 aliphatic heterocycles. The Morgan fingerprint density at radius 1 is 1.05 bits per heavy atom. The molecule has 3 aromatic rings. The van der Waals surface area contributed by atoms with Crippen LogP contribution in [-0.4, -0.2) is 5.78 Å². The van der Waals surface area contributed by atoms with Gasteiger partial charge in [0.2, 0.25) is 0 Å². The number of carbonyl (C=O) groups is 1. The zero-order chi connectivity index (χ0) is 14.1. The third kappa shape index (κ3) is 2.45. The molecule has 0 bridgehead atoms. The Morgan fingerprint density at radius 3 is 2.65 bits per heavy atom. The van der Waals surface area contributed by atoms with Crippen LogP contribution in [-0.2, 0) is 6.42 Å². The van der Waals surface area contributed by atoms with Crippen LogP contribution in [0.1, 0.15) is 15.9 Å². The number of ketones is 1. The molecule has 0 aliphatic carbocycles. The minimum absolute atomic E-state index is 0.00617. The molecule has 0 amide bonds. The van der Waals surface area contributed by atoms with E-state index >= 15 is 0 Å². The highest BCUT2D eigenvalue weighted by atomic mass is 35.5. The Hall–Kier alpha value is -1.77. The van der Waals surface area contributed by atoms with Crippen molar-refractivity contribution in [1.82, 2.24) is 0 Å². The summed E-state index contributed by atoms with van der Waals surface area (Å²) in [5.41, 5.74) is 2.13. The summed E-state index contributed by atoms with van der Waals surface area (Å²) >= 11 is 11.8. The highest BCUT2D eigenvalue weighted by molar-refractivity contribution is 6.42. The molecule has 100 valence electrons. The van der Waals surface area contributed by atoms with E-state index in [0.29, 0.717) is 21.2 Å². The first-order chi connectivity index (χ1) is 9.65. The summed E-state index contributed by atoms with van der Waals surface area (Å²) in [5, 5.41) is 1.77. The predicted octanol–water partition coefficient (Wildman–Crippen LogP) is 5.17. The SMILES string of the molecule is O=C(Cc1ccc(Cl)c(Cl)c1)c1coc2ccccc12. The fraction of sp³-hybridized carbons (Fsp3) is 0.0625. The fourth-order valence-electron chi connectivity index (χ4n) is 2.12. The molecule has 0 aliphatic rings. The summed E-state index contributed by atoms with van der Waals surface area (Å²) in [6, 6.07) is 12.7. The van der Waals surface area contributed by atoms with E-state index in [0.717, 1.165) is 10.9 Å². The largest absolute Gasteiger partial charge is 0.464 e. The number of hydrogen-bond acceptors (Lipinski definition) is 2. The van der Waals surface area contributed by atoms with Gasteiger partial charge in [-0.3, -0.25) is 4.79 Å². The van der Waals surface area contributed by atoms with Crippen LogP contribution >= 0.6 is 23.2 Å². The van der Waals surface area contributed by atoms with E-state index in [-0.39, 0.29) is 12.2 Å². The van der Waals surface area contributed by atoms with Gasteiger partial charge in [0, 0.05) is 11.8 Å². The molecular weight excluding hydrogens is 295 g/mol. The molecule has 0 fully saturated rings. The maximum absolute atomic E-state index is 12.3. The maximum Gasteiger partial charge on any atom is 0.171 e. The first-order valence-corrected chi connectivity index (χ1v) is 6.84. The standard InChI is InChI=1S/C16H10Cl2O2/c17-13-6-5-10(7-14(13)18)8-15(19)12-9-20-16-4-2-1-3-11(12)16/h1-7,9H,8H2. The van der Waals surface area contributed by atoms with Gasteiger partial charge < -0.3 is 4.42 Å². The first kappa shape index (κ1) is 13.2. The van der Waals surface area contributed by atoms with Crippen molar-refractivity contribution >= 4 is 40.0 Å². The Balaban J connectivity index is 1.91. The summed E-state index contributed by atoms with van der Waals surface area (Å²) in [6.45, 7) is 0. The highest BCUT2D eigenvalue weighted by Crippen LogP contribution is 2.25. The molecule has 1 heterocycles. The molecule has 0 unspecified atom stereocenters. The highest BCUT2D eigenvalue weighted by Gasteiger charge is 2.14. The van der Waals surface area contributed by atoms with Crippen LogP contribution in [0.3, 0.4) is 0 Å². The van der Waals surface area contributed by atoms with Gasteiger partial charge in [-0.1, -0.05) is 47.5 Å². The molecule has 3 rings (SSSR count). The molecule has 0 N–H and O–H groups in total. The summed E-state index contributed by atoms with van der Waals surface area (Å²) in [5.74, 6) is -0.00617. The second kappa shape index (κ2) is 5.31. The molecule has 4 heteroatoms. The predicted molar refractivity (Wildman–Crippen MR) is 80.7 cm³/mol. The van der Waals surface area contributed by atoms with Crippen molar-refractivity contribution < 1.29 is 9.21 Å². The van der Waals surface area contributed by atoms with Gasteiger partial charge in [-0.25, -0.2) is 0 Å². The molecule has 0 saturated carbocycles. The third-order valence-corrected chi connectivity index (χ3v) is 3.87. The van der Waals surface area contributed by atoms with Gasteiger partial charge in [-0.15, -0.1) is 0 Å². The number of rotatable bonds is 3. The van der Waals surface area contributed by atoms with Crippen LogP contribution in [0.4, 0.5) is 0 Å². The first-order valence-electron chi connectivity index (χ1n) is 6.08. The Kier molecular flexibility index (Phi) is 3.51. The number of halogens is 2. The van der Waals surface area contributed by atoms with Crippen molar-refractivity contribution in [2.75, 3.05) is 0 Å². The van der Waals surface area contributed by atoms with Crippen molar-refractivity contribution in [3.8, 4) is 0 Å². The average Bonchev–Trinajstić information content (AvgIpc) is 2.87. The van der Waals surface area contributed by atoms with Crippen LogP contribution in [0.25, 0.3) is 11.0 Å². The Morgan fingerprint density at radius 2 is 1.85 bits per heavy atom. The van der Waals surface area contributed by atoms with E-state index in [1.807, 2.05) is 24.3 Å². The van der Waals surface area contributed by atoms with Crippen molar-refractivity contribution in [3.05, 3.63) is 69.9 Å². The number of hydrogen-bond donors (Lipinski definition) is 0. The summed E-state index contributed by atoms with van der Waals surface area (Å²) in [7, 11) is 0. The van der Waals surface area contributed by atoms with Crippen LogP contribution in [0, 0.1) is 0 Å². The smallest absolute Gasteiger partial charge is 0.171 e. The van der Waals surface area contributed by atoms with Gasteiger partial charge in [0.05, 0.1) is 15.6 Å². The van der Waals surface area contributed by atoms with Gasteiger partial charge >= 0.3 is 0 Å². The van der Waals surface area contributed by atoms with Crippen LogP contribution in [0.2, 0.25) is 10.0 Å². The zero-order valence-corrected chi connectivity index (χ0v) is 11.9. The lowest BCUT2D eigenvalue weighted by atomic mass is 10.0. The van der Waals surface area contributed by atoms with Crippen molar-refractivity contribution in [2.24, 2.45) is 0 Å². The minimum Gasteiger partial charge on any atom is -0.464 e.